The van der Waals surface area contributed by atoms with Crippen molar-refractivity contribution in [3.63, 3.8) is 0 Å². The molecule has 0 saturated carbocycles. The van der Waals surface area contributed by atoms with Crippen LogP contribution in [0.1, 0.15) is 28.8 Å². The van der Waals surface area contributed by atoms with Gasteiger partial charge in [-0.3, -0.25) is 4.90 Å². The number of thiocarbonyl (C=S) groups is 1. The fourth-order valence-electron chi connectivity index (χ4n) is 3.21. The Morgan fingerprint density at radius 1 is 1.31 bits per heavy atom. The standard InChI is InChI=1S/C18H18ClN3O2S2/c1-23-13-8-7-12(16(24-2)15(13)19)22(18(21)25)17-11(9-20)10-5-3-4-6-14(10)26-17/h7-8H,3-6H2,1-2H3,(H2,21,25). The van der Waals surface area contributed by atoms with Crippen molar-refractivity contribution in [3.8, 4) is 17.6 Å². The smallest absolute Gasteiger partial charge is 0.176 e. The topological polar surface area (TPSA) is 71.5 Å². The molecule has 0 radical (unpaired) electrons. The van der Waals surface area contributed by atoms with Crippen LogP contribution < -0.4 is 20.1 Å². The van der Waals surface area contributed by atoms with E-state index < -0.39 is 0 Å². The van der Waals surface area contributed by atoms with E-state index in [4.69, 9.17) is 39.0 Å². The van der Waals surface area contributed by atoms with Crippen molar-refractivity contribution < 1.29 is 9.47 Å². The Kier molecular flexibility index (Phi) is 5.56. The largest absolute Gasteiger partial charge is 0.495 e. The monoisotopic (exact) mass is 407 g/mol. The highest BCUT2D eigenvalue weighted by atomic mass is 35.5. The first-order chi connectivity index (χ1) is 12.5. The lowest BCUT2D eigenvalue weighted by Gasteiger charge is -2.25. The zero-order valence-electron chi connectivity index (χ0n) is 14.5. The third kappa shape index (κ3) is 3.09. The molecule has 1 aliphatic carbocycles. The van der Waals surface area contributed by atoms with Crippen molar-refractivity contribution in [2.24, 2.45) is 5.73 Å². The number of hydrogen-bond acceptors (Lipinski definition) is 5. The van der Waals surface area contributed by atoms with Crippen molar-refractivity contribution in [1.82, 2.24) is 0 Å². The van der Waals surface area contributed by atoms with Crippen LogP contribution in [-0.4, -0.2) is 19.3 Å². The second kappa shape index (κ2) is 7.70. The van der Waals surface area contributed by atoms with Gasteiger partial charge in [0.15, 0.2) is 10.9 Å². The summed E-state index contributed by atoms with van der Waals surface area (Å²) in [5, 5.41) is 10.9. The molecule has 0 amide bonds. The lowest BCUT2D eigenvalue weighted by molar-refractivity contribution is 0.395. The highest BCUT2D eigenvalue weighted by Gasteiger charge is 2.29. The van der Waals surface area contributed by atoms with E-state index >= 15 is 0 Å². The molecule has 0 aliphatic heterocycles. The molecule has 2 aromatic rings. The Labute approximate surface area is 166 Å². The maximum atomic E-state index is 9.77. The predicted molar refractivity (Wildman–Crippen MR) is 109 cm³/mol. The molecule has 1 aromatic carbocycles. The molecule has 1 heterocycles. The van der Waals surface area contributed by atoms with Gasteiger partial charge in [-0.25, -0.2) is 0 Å². The SMILES string of the molecule is COc1ccc(N(C(N)=S)c2sc3c(c2C#N)CCCC3)c(OC)c1Cl. The minimum absolute atomic E-state index is 0.125. The normalized spacial score (nSPS) is 12.8. The molecule has 1 aliphatic rings. The molecule has 0 spiro atoms. The van der Waals surface area contributed by atoms with E-state index in [2.05, 4.69) is 6.07 Å². The Morgan fingerprint density at radius 3 is 2.65 bits per heavy atom. The number of nitrogens with zero attached hydrogens (tertiary/aromatic N) is 2. The van der Waals surface area contributed by atoms with Crippen LogP contribution in [0.3, 0.4) is 0 Å². The van der Waals surface area contributed by atoms with Crippen LogP contribution in [0, 0.1) is 11.3 Å². The van der Waals surface area contributed by atoms with Crippen LogP contribution >= 0.6 is 35.2 Å². The Bertz CT molecular complexity index is 905. The fraction of sp³-hybridized carbons (Fsp3) is 0.333. The van der Waals surface area contributed by atoms with Gasteiger partial charge in [-0.05, 0) is 55.6 Å². The van der Waals surface area contributed by atoms with Gasteiger partial charge in [0.2, 0.25) is 0 Å². The summed E-state index contributed by atoms with van der Waals surface area (Å²) >= 11 is 13.3. The predicted octanol–water partition coefficient (Wildman–Crippen LogP) is 4.55. The summed E-state index contributed by atoms with van der Waals surface area (Å²) in [5.41, 5.74) is 8.38. The first-order valence-electron chi connectivity index (χ1n) is 8.08. The van der Waals surface area contributed by atoms with Gasteiger partial charge < -0.3 is 15.2 Å². The zero-order valence-corrected chi connectivity index (χ0v) is 16.9. The molecule has 136 valence electrons. The van der Waals surface area contributed by atoms with Gasteiger partial charge in [-0.2, -0.15) is 5.26 Å². The van der Waals surface area contributed by atoms with E-state index in [0.717, 1.165) is 31.2 Å². The minimum atomic E-state index is 0.125. The van der Waals surface area contributed by atoms with E-state index in [0.29, 0.717) is 32.8 Å². The quantitative estimate of drug-likeness (QED) is 0.749. The Balaban J connectivity index is 2.22. The summed E-state index contributed by atoms with van der Waals surface area (Å²) in [6.45, 7) is 0. The molecule has 5 nitrogen and oxygen atoms in total. The first kappa shape index (κ1) is 18.8. The number of hydrogen-bond donors (Lipinski definition) is 1. The van der Waals surface area contributed by atoms with Crippen molar-refractivity contribution in [2.75, 3.05) is 19.1 Å². The number of methoxy groups -OCH3 is 2. The van der Waals surface area contributed by atoms with Gasteiger partial charge in [0.05, 0.1) is 25.5 Å². The molecule has 0 bridgehead atoms. The van der Waals surface area contributed by atoms with Crippen LogP contribution in [0.2, 0.25) is 5.02 Å². The number of halogens is 1. The average Bonchev–Trinajstić information content (AvgIpc) is 3.00. The maximum Gasteiger partial charge on any atom is 0.176 e. The van der Waals surface area contributed by atoms with Crippen LogP contribution in [0.15, 0.2) is 12.1 Å². The second-order valence-electron chi connectivity index (χ2n) is 5.81. The van der Waals surface area contributed by atoms with Crippen molar-refractivity contribution in [3.05, 3.63) is 33.2 Å². The summed E-state index contributed by atoms with van der Waals surface area (Å²) in [4.78, 5) is 2.89. The van der Waals surface area contributed by atoms with Crippen LogP contribution in [0.4, 0.5) is 10.7 Å². The van der Waals surface area contributed by atoms with Gasteiger partial charge in [0, 0.05) is 4.88 Å². The highest BCUT2D eigenvalue weighted by Crippen LogP contribution is 2.48. The molecule has 26 heavy (non-hydrogen) atoms. The highest BCUT2D eigenvalue weighted by molar-refractivity contribution is 7.80. The zero-order chi connectivity index (χ0) is 18.8. The van der Waals surface area contributed by atoms with Crippen LogP contribution in [0.5, 0.6) is 11.5 Å². The number of aryl methyl sites for hydroxylation is 1. The molecular weight excluding hydrogens is 390 g/mol. The molecule has 0 saturated heterocycles. The number of fused-ring (bicyclic) bond motifs is 1. The lowest BCUT2D eigenvalue weighted by atomic mass is 9.96. The van der Waals surface area contributed by atoms with Crippen molar-refractivity contribution >= 4 is 51.0 Å². The fourth-order valence-corrected chi connectivity index (χ4v) is 5.14. The third-order valence-electron chi connectivity index (χ3n) is 4.39. The Hall–Kier alpha value is -2.01. The van der Waals surface area contributed by atoms with E-state index in [1.165, 1.54) is 19.1 Å². The molecule has 0 fully saturated rings. The summed E-state index contributed by atoms with van der Waals surface area (Å²) in [7, 11) is 3.05. The van der Waals surface area contributed by atoms with Gasteiger partial charge in [0.25, 0.3) is 0 Å². The summed E-state index contributed by atoms with van der Waals surface area (Å²) < 4.78 is 10.8. The molecule has 2 N–H and O–H groups in total. The Morgan fingerprint density at radius 2 is 2.04 bits per heavy atom. The third-order valence-corrected chi connectivity index (χ3v) is 6.21. The van der Waals surface area contributed by atoms with E-state index in [9.17, 15) is 5.26 Å². The van der Waals surface area contributed by atoms with Gasteiger partial charge in [0.1, 0.15) is 21.8 Å². The average molecular weight is 408 g/mol. The molecule has 3 rings (SSSR count). The minimum Gasteiger partial charge on any atom is -0.495 e. The molecular formula is C18H18ClN3O2S2. The molecule has 0 atom stereocenters. The molecule has 1 aromatic heterocycles. The van der Waals surface area contributed by atoms with Crippen molar-refractivity contribution in [1.29, 1.82) is 5.26 Å². The summed E-state index contributed by atoms with van der Waals surface area (Å²) in [6, 6.07) is 5.85. The second-order valence-corrected chi connectivity index (χ2v) is 7.69. The van der Waals surface area contributed by atoms with Crippen LogP contribution in [-0.2, 0) is 12.8 Å². The number of anilines is 2. The number of rotatable bonds is 4. The van der Waals surface area contributed by atoms with E-state index in [-0.39, 0.29) is 5.11 Å². The summed E-state index contributed by atoms with van der Waals surface area (Å²) in [5.74, 6) is 0.884. The maximum absolute atomic E-state index is 9.77. The van der Waals surface area contributed by atoms with Crippen molar-refractivity contribution in [2.45, 2.75) is 25.7 Å². The summed E-state index contributed by atoms with van der Waals surface area (Å²) in [6.07, 6.45) is 4.09. The van der Waals surface area contributed by atoms with Gasteiger partial charge >= 0.3 is 0 Å². The van der Waals surface area contributed by atoms with Gasteiger partial charge in [-0.1, -0.05) is 11.6 Å². The van der Waals surface area contributed by atoms with E-state index in [1.54, 1.807) is 28.4 Å². The lowest BCUT2D eigenvalue weighted by Crippen LogP contribution is -2.31. The van der Waals surface area contributed by atoms with Gasteiger partial charge in [-0.15, -0.1) is 11.3 Å². The number of benzene rings is 1. The van der Waals surface area contributed by atoms with Crippen LogP contribution in [0.25, 0.3) is 0 Å². The number of thiophene rings is 1. The first-order valence-corrected chi connectivity index (χ1v) is 9.68. The van der Waals surface area contributed by atoms with E-state index in [1.807, 2.05) is 0 Å². The number of ether oxygens (including phenoxy) is 2. The molecule has 8 heteroatoms. The molecule has 0 unspecified atom stereocenters. The number of nitriles is 1. The number of nitrogens with two attached hydrogens (primary N) is 1.